The first-order valence-corrected chi connectivity index (χ1v) is 6.02. The Labute approximate surface area is 110 Å². The lowest BCUT2D eigenvalue weighted by Crippen LogP contribution is -2.09. The first kappa shape index (κ1) is 13.1. The number of fused-ring (bicyclic) bond motifs is 1. The molecule has 0 atom stereocenters. The van der Waals surface area contributed by atoms with Crippen LogP contribution in [0.2, 0.25) is 0 Å². The minimum Gasteiger partial charge on any atom is -0.423 e. The fourth-order valence-corrected chi connectivity index (χ4v) is 1.71. The molecule has 0 aliphatic carbocycles. The van der Waals surface area contributed by atoms with E-state index >= 15 is 0 Å². The van der Waals surface area contributed by atoms with Gasteiger partial charge in [-0.1, -0.05) is 31.2 Å². The predicted molar refractivity (Wildman–Crippen MR) is 71.2 cm³/mol. The maximum absolute atomic E-state index is 11.4. The van der Waals surface area contributed by atoms with Crippen molar-refractivity contribution in [3.05, 3.63) is 36.4 Å². The van der Waals surface area contributed by atoms with Gasteiger partial charge in [-0.05, 0) is 22.9 Å². The molecule has 98 valence electrons. The molecule has 4 nitrogen and oxygen atoms in total. The SMILES string of the molecule is CCC(=O)Oc1cc2ccccc2cc1OC(C)=O. The van der Waals surface area contributed by atoms with E-state index in [9.17, 15) is 9.59 Å². The van der Waals surface area contributed by atoms with Crippen molar-refractivity contribution < 1.29 is 19.1 Å². The van der Waals surface area contributed by atoms with Crippen molar-refractivity contribution in [2.75, 3.05) is 0 Å². The van der Waals surface area contributed by atoms with E-state index in [4.69, 9.17) is 9.47 Å². The second-order valence-corrected chi connectivity index (χ2v) is 4.07. The molecule has 0 aliphatic rings. The molecule has 2 rings (SSSR count). The van der Waals surface area contributed by atoms with E-state index in [1.165, 1.54) is 6.92 Å². The van der Waals surface area contributed by atoms with E-state index in [1.54, 1.807) is 19.1 Å². The smallest absolute Gasteiger partial charge is 0.311 e. The van der Waals surface area contributed by atoms with Crippen molar-refractivity contribution in [3.8, 4) is 11.5 Å². The molecule has 0 fully saturated rings. The summed E-state index contributed by atoms with van der Waals surface area (Å²) in [7, 11) is 0. The van der Waals surface area contributed by atoms with Crippen LogP contribution < -0.4 is 9.47 Å². The molecule has 0 bridgehead atoms. The Hall–Kier alpha value is -2.36. The van der Waals surface area contributed by atoms with Gasteiger partial charge >= 0.3 is 11.9 Å². The third-order valence-corrected chi connectivity index (χ3v) is 2.58. The van der Waals surface area contributed by atoms with Gasteiger partial charge in [0, 0.05) is 13.3 Å². The van der Waals surface area contributed by atoms with Gasteiger partial charge in [0.1, 0.15) is 0 Å². The molecule has 0 saturated heterocycles. The number of rotatable bonds is 3. The molecule has 0 heterocycles. The second-order valence-electron chi connectivity index (χ2n) is 4.07. The van der Waals surface area contributed by atoms with Gasteiger partial charge in [-0.15, -0.1) is 0 Å². The lowest BCUT2D eigenvalue weighted by atomic mass is 10.1. The molecule has 0 aliphatic heterocycles. The number of hydrogen-bond donors (Lipinski definition) is 0. The highest BCUT2D eigenvalue weighted by atomic mass is 16.6. The topological polar surface area (TPSA) is 52.6 Å². The first-order chi connectivity index (χ1) is 9.10. The zero-order chi connectivity index (χ0) is 13.8. The summed E-state index contributed by atoms with van der Waals surface area (Å²) in [6.45, 7) is 3.01. The van der Waals surface area contributed by atoms with Crippen molar-refractivity contribution in [2.45, 2.75) is 20.3 Å². The monoisotopic (exact) mass is 258 g/mol. The number of esters is 2. The Bertz CT molecular complexity index is 631. The van der Waals surface area contributed by atoms with Crippen molar-refractivity contribution in [3.63, 3.8) is 0 Å². The van der Waals surface area contributed by atoms with Crippen LogP contribution in [0.4, 0.5) is 0 Å². The van der Waals surface area contributed by atoms with Crippen molar-refractivity contribution in [1.29, 1.82) is 0 Å². The standard InChI is InChI=1S/C15H14O4/c1-3-15(17)19-14-9-12-7-5-4-6-11(12)8-13(14)18-10(2)16/h4-9H,3H2,1-2H3. The van der Waals surface area contributed by atoms with E-state index in [1.807, 2.05) is 24.3 Å². The van der Waals surface area contributed by atoms with E-state index in [-0.39, 0.29) is 23.9 Å². The number of carbonyl (C=O) groups is 2. The molecule has 0 N–H and O–H groups in total. The van der Waals surface area contributed by atoms with Gasteiger partial charge in [0.05, 0.1) is 0 Å². The molecular formula is C15H14O4. The van der Waals surface area contributed by atoms with Crippen molar-refractivity contribution in [2.24, 2.45) is 0 Å². The predicted octanol–water partition coefficient (Wildman–Crippen LogP) is 3.08. The third kappa shape index (κ3) is 3.10. The summed E-state index contributed by atoms with van der Waals surface area (Å²) in [5, 5.41) is 1.83. The maximum atomic E-state index is 11.4. The molecule has 19 heavy (non-hydrogen) atoms. The van der Waals surface area contributed by atoms with E-state index < -0.39 is 5.97 Å². The minimum atomic E-state index is -0.455. The highest BCUT2D eigenvalue weighted by Crippen LogP contribution is 2.33. The Morgan fingerprint density at radius 3 is 2.00 bits per heavy atom. The van der Waals surface area contributed by atoms with Crippen LogP contribution in [0.5, 0.6) is 11.5 Å². The van der Waals surface area contributed by atoms with Gasteiger partial charge in [0.2, 0.25) is 0 Å². The number of benzene rings is 2. The van der Waals surface area contributed by atoms with Crippen molar-refractivity contribution >= 4 is 22.7 Å². The average molecular weight is 258 g/mol. The Morgan fingerprint density at radius 2 is 1.53 bits per heavy atom. The molecule has 0 aromatic heterocycles. The van der Waals surface area contributed by atoms with Crippen LogP contribution in [-0.2, 0) is 9.59 Å². The largest absolute Gasteiger partial charge is 0.423 e. The fourth-order valence-electron chi connectivity index (χ4n) is 1.71. The quantitative estimate of drug-likeness (QED) is 0.627. The number of carbonyl (C=O) groups excluding carboxylic acids is 2. The zero-order valence-corrected chi connectivity index (χ0v) is 10.8. The molecule has 0 unspecified atom stereocenters. The van der Waals surface area contributed by atoms with E-state index in [0.717, 1.165) is 10.8 Å². The Kier molecular flexibility index (Phi) is 3.80. The summed E-state index contributed by atoms with van der Waals surface area (Å²) in [5.41, 5.74) is 0. The molecule has 4 heteroatoms. The van der Waals surface area contributed by atoms with Crippen LogP contribution in [-0.4, -0.2) is 11.9 Å². The van der Waals surface area contributed by atoms with Crippen LogP contribution >= 0.6 is 0 Å². The molecule has 0 amide bonds. The highest BCUT2D eigenvalue weighted by Gasteiger charge is 2.12. The molecule has 0 spiro atoms. The Morgan fingerprint density at radius 1 is 1.00 bits per heavy atom. The minimum absolute atomic E-state index is 0.256. The summed E-state index contributed by atoms with van der Waals surface area (Å²) in [5.74, 6) is -0.304. The lowest BCUT2D eigenvalue weighted by Gasteiger charge is -2.10. The normalized spacial score (nSPS) is 10.2. The summed E-state index contributed by atoms with van der Waals surface area (Å²) < 4.78 is 10.3. The first-order valence-electron chi connectivity index (χ1n) is 6.02. The molecule has 0 radical (unpaired) electrons. The number of hydrogen-bond acceptors (Lipinski definition) is 4. The summed E-state index contributed by atoms with van der Waals surface area (Å²) in [6.07, 6.45) is 0.256. The van der Waals surface area contributed by atoms with Crippen LogP contribution in [0.1, 0.15) is 20.3 Å². The van der Waals surface area contributed by atoms with Gasteiger partial charge in [0.15, 0.2) is 11.5 Å². The zero-order valence-electron chi connectivity index (χ0n) is 10.8. The van der Waals surface area contributed by atoms with Crippen LogP contribution in [0.3, 0.4) is 0 Å². The second kappa shape index (κ2) is 5.52. The number of ether oxygens (including phenoxy) is 2. The van der Waals surface area contributed by atoms with Gasteiger partial charge in [-0.25, -0.2) is 0 Å². The van der Waals surface area contributed by atoms with E-state index in [0.29, 0.717) is 0 Å². The highest BCUT2D eigenvalue weighted by molar-refractivity contribution is 5.88. The lowest BCUT2D eigenvalue weighted by molar-refractivity contribution is -0.135. The van der Waals surface area contributed by atoms with Gasteiger partial charge in [-0.3, -0.25) is 9.59 Å². The average Bonchev–Trinajstić information content (AvgIpc) is 2.38. The fraction of sp³-hybridized carbons (Fsp3) is 0.200. The molecule has 2 aromatic carbocycles. The van der Waals surface area contributed by atoms with Gasteiger partial charge < -0.3 is 9.47 Å². The Balaban J connectivity index is 2.50. The summed E-state index contributed by atoms with van der Waals surface area (Å²) in [4.78, 5) is 22.5. The molecule has 2 aromatic rings. The maximum Gasteiger partial charge on any atom is 0.311 e. The third-order valence-electron chi connectivity index (χ3n) is 2.58. The van der Waals surface area contributed by atoms with Crippen molar-refractivity contribution in [1.82, 2.24) is 0 Å². The molecular weight excluding hydrogens is 244 g/mol. The van der Waals surface area contributed by atoms with Gasteiger partial charge in [0.25, 0.3) is 0 Å². The van der Waals surface area contributed by atoms with Crippen LogP contribution in [0, 0.1) is 0 Å². The van der Waals surface area contributed by atoms with Crippen LogP contribution in [0.15, 0.2) is 36.4 Å². The van der Waals surface area contributed by atoms with Crippen LogP contribution in [0.25, 0.3) is 10.8 Å². The summed E-state index contributed by atoms with van der Waals surface area (Å²) >= 11 is 0. The van der Waals surface area contributed by atoms with E-state index in [2.05, 4.69) is 0 Å². The summed E-state index contributed by atoms with van der Waals surface area (Å²) in [6, 6.07) is 11.0. The molecule has 0 saturated carbocycles. The van der Waals surface area contributed by atoms with Gasteiger partial charge in [-0.2, -0.15) is 0 Å².